The maximum atomic E-state index is 12.5. The van der Waals surface area contributed by atoms with E-state index in [2.05, 4.69) is 15.3 Å². The van der Waals surface area contributed by atoms with Crippen molar-refractivity contribution in [3.8, 4) is 0 Å². The third-order valence-electron chi connectivity index (χ3n) is 2.94. The van der Waals surface area contributed by atoms with Gasteiger partial charge in [0.25, 0.3) is 5.91 Å². The average Bonchev–Trinajstić information content (AvgIpc) is 2.46. The van der Waals surface area contributed by atoms with Gasteiger partial charge in [0.15, 0.2) is 5.96 Å². The van der Waals surface area contributed by atoms with Crippen LogP contribution < -0.4 is 22.5 Å². The Bertz CT molecular complexity index is 650. The van der Waals surface area contributed by atoms with Gasteiger partial charge in [-0.25, -0.2) is 4.99 Å². The van der Waals surface area contributed by atoms with Crippen molar-refractivity contribution in [2.24, 2.45) is 27.2 Å². The van der Waals surface area contributed by atoms with E-state index >= 15 is 0 Å². The van der Waals surface area contributed by atoms with E-state index in [1.54, 1.807) is 24.3 Å². The lowest BCUT2D eigenvalue weighted by molar-refractivity contribution is -0.123. The van der Waals surface area contributed by atoms with Crippen LogP contribution in [0.1, 0.15) is 10.4 Å². The van der Waals surface area contributed by atoms with Crippen LogP contribution in [0.25, 0.3) is 0 Å². The maximum absolute atomic E-state index is 12.5. The molecule has 9 nitrogen and oxygen atoms in total. The third kappa shape index (κ3) is 3.72. The molecule has 1 aliphatic heterocycles. The highest BCUT2D eigenvalue weighted by Gasteiger charge is 2.23. The fraction of sp³-hybridized carbons (Fsp3) is 0.231. The standard InChI is InChI=1S/C13H17N7O2/c14-12(15)19-13(16)18-9-4-2-1-3-8(9)11(22)20-6-5-17-10(21)7-20/h1-4H,5-7H2,(H,17,21)(H6,14,15,16,18,19). The van der Waals surface area contributed by atoms with Crippen molar-refractivity contribution in [1.29, 1.82) is 0 Å². The molecule has 0 unspecified atom stereocenters. The van der Waals surface area contributed by atoms with Crippen molar-refractivity contribution >= 4 is 29.4 Å². The number of carbonyl (C=O) groups is 2. The number of rotatable bonds is 2. The second-order valence-corrected chi connectivity index (χ2v) is 4.60. The van der Waals surface area contributed by atoms with E-state index < -0.39 is 0 Å². The van der Waals surface area contributed by atoms with Crippen molar-refractivity contribution in [2.75, 3.05) is 19.6 Å². The van der Waals surface area contributed by atoms with Crippen LogP contribution in [-0.2, 0) is 4.79 Å². The Labute approximate surface area is 126 Å². The van der Waals surface area contributed by atoms with Crippen molar-refractivity contribution < 1.29 is 9.59 Å². The lowest BCUT2D eigenvalue weighted by Gasteiger charge is -2.27. The van der Waals surface area contributed by atoms with Gasteiger partial charge in [0.1, 0.15) is 0 Å². The van der Waals surface area contributed by atoms with Crippen molar-refractivity contribution in [3.05, 3.63) is 29.8 Å². The molecule has 0 bridgehead atoms. The zero-order valence-electron chi connectivity index (χ0n) is 11.8. The van der Waals surface area contributed by atoms with Gasteiger partial charge in [-0.15, -0.1) is 0 Å². The predicted molar refractivity (Wildman–Crippen MR) is 82.4 cm³/mol. The highest BCUT2D eigenvalue weighted by Crippen LogP contribution is 2.21. The van der Waals surface area contributed by atoms with E-state index in [-0.39, 0.29) is 30.3 Å². The van der Waals surface area contributed by atoms with Gasteiger partial charge in [0.05, 0.1) is 17.8 Å². The van der Waals surface area contributed by atoms with Gasteiger partial charge in [-0.2, -0.15) is 4.99 Å². The first kappa shape index (κ1) is 15.3. The highest BCUT2D eigenvalue weighted by molar-refractivity contribution is 6.02. The number of hydrogen-bond donors (Lipinski definition) is 4. The van der Waals surface area contributed by atoms with Crippen LogP contribution in [0.2, 0.25) is 0 Å². The normalized spacial score (nSPS) is 15.2. The zero-order chi connectivity index (χ0) is 16.1. The molecule has 116 valence electrons. The first-order valence-electron chi connectivity index (χ1n) is 6.56. The lowest BCUT2D eigenvalue weighted by Crippen LogP contribution is -2.50. The number of aliphatic imine (C=N–C) groups is 2. The fourth-order valence-corrected chi connectivity index (χ4v) is 2.01. The molecular weight excluding hydrogens is 286 g/mol. The van der Waals surface area contributed by atoms with Crippen molar-refractivity contribution in [3.63, 3.8) is 0 Å². The van der Waals surface area contributed by atoms with E-state index in [4.69, 9.17) is 17.2 Å². The number of piperazine rings is 1. The van der Waals surface area contributed by atoms with Crippen LogP contribution in [0.5, 0.6) is 0 Å². The molecule has 1 aliphatic rings. The topological polar surface area (TPSA) is 152 Å². The number of nitrogens with one attached hydrogen (secondary N) is 1. The van der Waals surface area contributed by atoms with Crippen LogP contribution in [0, 0.1) is 0 Å². The number of carbonyl (C=O) groups excluding carboxylic acids is 2. The van der Waals surface area contributed by atoms with Crippen LogP contribution in [0.15, 0.2) is 34.3 Å². The SMILES string of the molecule is NC(N)=NC(N)=Nc1ccccc1C(=O)N1CCNC(=O)C1. The molecule has 22 heavy (non-hydrogen) atoms. The molecule has 1 aromatic carbocycles. The molecule has 0 aromatic heterocycles. The van der Waals surface area contributed by atoms with E-state index in [1.807, 2.05) is 0 Å². The van der Waals surface area contributed by atoms with Crippen molar-refractivity contribution in [2.45, 2.75) is 0 Å². The molecule has 0 saturated carbocycles. The molecule has 0 spiro atoms. The van der Waals surface area contributed by atoms with Crippen LogP contribution >= 0.6 is 0 Å². The minimum Gasteiger partial charge on any atom is -0.370 e. The summed E-state index contributed by atoms with van der Waals surface area (Å²) in [5.41, 5.74) is 16.7. The molecule has 9 heteroatoms. The van der Waals surface area contributed by atoms with Gasteiger partial charge < -0.3 is 27.4 Å². The summed E-state index contributed by atoms with van der Waals surface area (Å²) >= 11 is 0. The van der Waals surface area contributed by atoms with Gasteiger partial charge in [0.2, 0.25) is 11.9 Å². The first-order chi connectivity index (χ1) is 10.5. The van der Waals surface area contributed by atoms with Crippen molar-refractivity contribution in [1.82, 2.24) is 10.2 Å². The molecule has 1 saturated heterocycles. The van der Waals surface area contributed by atoms with E-state index in [0.717, 1.165) is 0 Å². The summed E-state index contributed by atoms with van der Waals surface area (Å²) in [6.45, 7) is 0.873. The van der Waals surface area contributed by atoms with Gasteiger partial charge in [-0.1, -0.05) is 12.1 Å². The van der Waals surface area contributed by atoms with Gasteiger partial charge in [-0.3, -0.25) is 9.59 Å². The summed E-state index contributed by atoms with van der Waals surface area (Å²) in [6.07, 6.45) is 0. The van der Waals surface area contributed by atoms with E-state index in [9.17, 15) is 9.59 Å². The molecule has 1 aromatic rings. The van der Waals surface area contributed by atoms with E-state index in [1.165, 1.54) is 4.90 Å². The van der Waals surface area contributed by atoms with E-state index in [0.29, 0.717) is 24.3 Å². The number of nitrogens with two attached hydrogens (primary N) is 3. The number of guanidine groups is 2. The van der Waals surface area contributed by atoms with Crippen LogP contribution in [0.3, 0.4) is 0 Å². The fourth-order valence-electron chi connectivity index (χ4n) is 2.01. The summed E-state index contributed by atoms with van der Waals surface area (Å²) in [6, 6.07) is 6.64. The second-order valence-electron chi connectivity index (χ2n) is 4.60. The molecule has 0 radical (unpaired) electrons. The summed E-state index contributed by atoms with van der Waals surface area (Å²) in [5.74, 6) is -0.873. The minimum absolute atomic E-state index is 0.0142. The third-order valence-corrected chi connectivity index (χ3v) is 2.94. The maximum Gasteiger partial charge on any atom is 0.256 e. The average molecular weight is 303 g/mol. The Balaban J connectivity index is 2.30. The van der Waals surface area contributed by atoms with Gasteiger partial charge in [0, 0.05) is 13.1 Å². The Morgan fingerprint density at radius 1 is 1.23 bits per heavy atom. The number of nitrogens with zero attached hydrogens (tertiary/aromatic N) is 3. The summed E-state index contributed by atoms with van der Waals surface area (Å²) < 4.78 is 0. The number of para-hydroxylation sites is 1. The molecular formula is C13H17N7O2. The second kappa shape index (κ2) is 6.57. The highest BCUT2D eigenvalue weighted by atomic mass is 16.2. The Hall–Kier alpha value is -3.10. The molecule has 2 amide bonds. The van der Waals surface area contributed by atoms with Gasteiger partial charge >= 0.3 is 0 Å². The number of hydrogen-bond acceptors (Lipinski definition) is 3. The molecule has 0 aliphatic carbocycles. The lowest BCUT2D eigenvalue weighted by atomic mass is 10.1. The smallest absolute Gasteiger partial charge is 0.256 e. The van der Waals surface area contributed by atoms with Crippen LogP contribution in [-0.4, -0.2) is 48.3 Å². The summed E-state index contributed by atoms with van der Waals surface area (Å²) in [7, 11) is 0. The largest absolute Gasteiger partial charge is 0.370 e. The minimum atomic E-state index is -0.299. The number of amides is 2. The quantitative estimate of drug-likeness (QED) is 0.386. The number of benzene rings is 1. The monoisotopic (exact) mass is 303 g/mol. The molecule has 7 N–H and O–H groups in total. The predicted octanol–water partition coefficient (Wildman–Crippen LogP) is -1.52. The zero-order valence-corrected chi connectivity index (χ0v) is 11.8. The van der Waals surface area contributed by atoms with Gasteiger partial charge in [-0.05, 0) is 12.1 Å². The van der Waals surface area contributed by atoms with Crippen LogP contribution in [0.4, 0.5) is 5.69 Å². The Kier molecular flexibility index (Phi) is 4.57. The molecule has 2 rings (SSSR count). The first-order valence-corrected chi connectivity index (χ1v) is 6.56. The molecule has 0 atom stereocenters. The Morgan fingerprint density at radius 3 is 2.64 bits per heavy atom. The molecule has 1 fully saturated rings. The summed E-state index contributed by atoms with van der Waals surface area (Å²) in [4.78, 5) is 33.0. The summed E-state index contributed by atoms with van der Waals surface area (Å²) in [5, 5.41) is 2.66. The molecule has 1 heterocycles. The Morgan fingerprint density at radius 2 is 1.95 bits per heavy atom.